The normalized spacial score (nSPS) is 15.0. The summed E-state index contributed by atoms with van der Waals surface area (Å²) in [6.45, 7) is 14.4. The zero-order valence-electron chi connectivity index (χ0n) is 21.7. The third-order valence-electron chi connectivity index (χ3n) is 5.57. The second-order valence-corrected chi connectivity index (χ2v) is 9.71. The number of hydrogen-bond donors (Lipinski definition) is 2. The van der Waals surface area contributed by atoms with Crippen molar-refractivity contribution in [2.45, 2.75) is 33.2 Å². The average Bonchev–Trinajstić information content (AvgIpc) is 2.88. The quantitative estimate of drug-likeness (QED) is 0.474. The van der Waals surface area contributed by atoms with Gasteiger partial charge in [-0.05, 0) is 58.7 Å². The van der Waals surface area contributed by atoms with Crippen LogP contribution in [-0.2, 0) is 4.74 Å². The van der Waals surface area contributed by atoms with Gasteiger partial charge in [0.15, 0.2) is 0 Å². The van der Waals surface area contributed by atoms with E-state index in [1.54, 1.807) is 43.0 Å². The van der Waals surface area contributed by atoms with Crippen LogP contribution in [-0.4, -0.2) is 65.1 Å². The molecule has 10 nitrogen and oxygen atoms in total. The Morgan fingerprint density at radius 3 is 2.62 bits per heavy atom. The highest BCUT2D eigenvalue weighted by Gasteiger charge is 2.16. The average molecular weight is 501 g/mol. The molecule has 0 aliphatic carbocycles. The summed E-state index contributed by atoms with van der Waals surface area (Å²) >= 11 is 0. The van der Waals surface area contributed by atoms with Crippen LogP contribution in [0.4, 0.5) is 11.6 Å². The Hall–Kier alpha value is -4.18. The van der Waals surface area contributed by atoms with Crippen LogP contribution in [0.1, 0.15) is 43.6 Å². The van der Waals surface area contributed by atoms with Gasteiger partial charge in [0.05, 0.1) is 31.1 Å². The van der Waals surface area contributed by atoms with E-state index in [1.807, 2.05) is 33.8 Å². The molecule has 1 aliphatic rings. The summed E-state index contributed by atoms with van der Waals surface area (Å²) < 4.78 is 5.40. The molecule has 1 amide bonds. The zero-order valence-corrected chi connectivity index (χ0v) is 21.7. The first kappa shape index (κ1) is 25.9. The van der Waals surface area contributed by atoms with Gasteiger partial charge in [0.25, 0.3) is 5.91 Å². The fraction of sp³-hybridized carbons (Fsp3) is 0.333. The standard InChI is InChI=1S/C27H32N8O2/c1-18(32-24(17-28-5)34-27(2,3)4)21-12-20-13-23(31-16-22(20)30-15-21)33-26(36)19-6-7-29-25(14-19)35-8-10-37-11-9-35/h6-7,12-17,34H,5,8-11H2,1-4H3,(H,31,33,36)/b24-17+,32-18?. The van der Waals surface area contributed by atoms with Crippen molar-refractivity contribution in [1.29, 1.82) is 0 Å². The molecule has 1 fully saturated rings. The fourth-order valence-corrected chi connectivity index (χ4v) is 3.82. The van der Waals surface area contributed by atoms with Gasteiger partial charge in [-0.1, -0.05) is 0 Å². The van der Waals surface area contributed by atoms with Crippen molar-refractivity contribution < 1.29 is 9.53 Å². The van der Waals surface area contributed by atoms with E-state index < -0.39 is 0 Å². The number of amides is 1. The van der Waals surface area contributed by atoms with Gasteiger partial charge in [0, 0.05) is 53.2 Å². The molecule has 10 heteroatoms. The molecule has 0 aromatic carbocycles. The van der Waals surface area contributed by atoms with Gasteiger partial charge < -0.3 is 20.3 Å². The van der Waals surface area contributed by atoms with Gasteiger partial charge in [-0.2, -0.15) is 0 Å². The number of rotatable bonds is 7. The molecule has 3 aromatic heterocycles. The van der Waals surface area contributed by atoms with Crippen molar-refractivity contribution in [2.75, 3.05) is 36.5 Å². The van der Waals surface area contributed by atoms with E-state index >= 15 is 0 Å². The molecular weight excluding hydrogens is 468 g/mol. The van der Waals surface area contributed by atoms with Gasteiger partial charge >= 0.3 is 0 Å². The smallest absolute Gasteiger partial charge is 0.257 e. The largest absolute Gasteiger partial charge is 0.378 e. The lowest BCUT2D eigenvalue weighted by molar-refractivity contribution is 0.102. The molecule has 4 rings (SSSR count). The van der Waals surface area contributed by atoms with E-state index in [9.17, 15) is 4.79 Å². The Labute approximate surface area is 216 Å². The predicted octanol–water partition coefficient (Wildman–Crippen LogP) is 3.81. The number of ether oxygens (including phenoxy) is 1. The number of carbonyl (C=O) groups excluding carboxylic acids is 1. The highest BCUT2D eigenvalue weighted by Crippen LogP contribution is 2.19. The van der Waals surface area contributed by atoms with E-state index in [0.717, 1.165) is 35.6 Å². The molecule has 1 aliphatic heterocycles. The third-order valence-corrected chi connectivity index (χ3v) is 5.57. The van der Waals surface area contributed by atoms with Crippen LogP contribution in [0.25, 0.3) is 10.9 Å². The Kier molecular flexibility index (Phi) is 7.88. The Morgan fingerprint density at radius 1 is 1.11 bits per heavy atom. The van der Waals surface area contributed by atoms with Gasteiger partial charge in [0.1, 0.15) is 17.5 Å². The molecule has 0 spiro atoms. The van der Waals surface area contributed by atoms with Gasteiger partial charge in [-0.3, -0.25) is 14.8 Å². The zero-order chi connectivity index (χ0) is 26.4. The lowest BCUT2D eigenvalue weighted by atomic mass is 10.1. The number of nitrogens with one attached hydrogen (secondary N) is 2. The summed E-state index contributed by atoms with van der Waals surface area (Å²) in [5.41, 5.74) is 2.64. The number of carbonyl (C=O) groups is 1. The topological polar surface area (TPSA) is 117 Å². The second kappa shape index (κ2) is 11.3. The Balaban J connectivity index is 1.54. The molecule has 3 aromatic rings. The first-order valence-electron chi connectivity index (χ1n) is 12.1. The van der Waals surface area contributed by atoms with E-state index in [1.165, 1.54) is 0 Å². The lowest BCUT2D eigenvalue weighted by Crippen LogP contribution is -2.36. The summed E-state index contributed by atoms with van der Waals surface area (Å²) in [5.74, 6) is 1.54. The molecule has 37 heavy (non-hydrogen) atoms. The van der Waals surface area contributed by atoms with E-state index in [0.29, 0.717) is 35.9 Å². The van der Waals surface area contributed by atoms with Gasteiger partial charge in [0.2, 0.25) is 0 Å². The van der Waals surface area contributed by atoms with Crippen molar-refractivity contribution in [2.24, 2.45) is 9.98 Å². The fourth-order valence-electron chi connectivity index (χ4n) is 3.82. The van der Waals surface area contributed by atoms with E-state index in [-0.39, 0.29) is 11.4 Å². The van der Waals surface area contributed by atoms with Crippen LogP contribution in [0, 0.1) is 0 Å². The molecule has 4 heterocycles. The Bertz CT molecular complexity index is 1350. The van der Waals surface area contributed by atoms with Crippen LogP contribution in [0.5, 0.6) is 0 Å². The van der Waals surface area contributed by atoms with Crippen molar-refractivity contribution in [3.05, 3.63) is 66.0 Å². The number of morpholine rings is 1. The molecule has 0 radical (unpaired) electrons. The number of anilines is 2. The highest BCUT2D eigenvalue weighted by molar-refractivity contribution is 6.05. The summed E-state index contributed by atoms with van der Waals surface area (Å²) in [6, 6.07) is 7.25. The van der Waals surface area contributed by atoms with Crippen LogP contribution < -0.4 is 15.5 Å². The van der Waals surface area contributed by atoms with Gasteiger partial charge in [-0.25, -0.2) is 15.0 Å². The van der Waals surface area contributed by atoms with Crippen molar-refractivity contribution in [3.8, 4) is 0 Å². The monoisotopic (exact) mass is 500 g/mol. The molecule has 0 saturated carbocycles. The van der Waals surface area contributed by atoms with Crippen LogP contribution in [0.15, 0.2) is 64.9 Å². The van der Waals surface area contributed by atoms with Crippen LogP contribution >= 0.6 is 0 Å². The van der Waals surface area contributed by atoms with Crippen molar-refractivity contribution >= 4 is 40.9 Å². The van der Waals surface area contributed by atoms with E-state index in [2.05, 4.69) is 47.2 Å². The number of aliphatic imine (C=N–C) groups is 2. The molecule has 2 N–H and O–H groups in total. The molecule has 0 bridgehead atoms. The third kappa shape index (κ3) is 6.95. The summed E-state index contributed by atoms with van der Waals surface area (Å²) in [6.07, 6.45) is 6.62. The minimum atomic E-state index is -0.259. The summed E-state index contributed by atoms with van der Waals surface area (Å²) in [5, 5.41) is 7.03. The van der Waals surface area contributed by atoms with Crippen molar-refractivity contribution in [3.63, 3.8) is 0 Å². The SMILES string of the molecule is C=N/C=C(\N=C(C)c1cnc2cnc(NC(=O)c3ccnc(N4CCOCC4)c3)cc2c1)NC(C)(C)C. The van der Waals surface area contributed by atoms with Crippen LogP contribution in [0.2, 0.25) is 0 Å². The van der Waals surface area contributed by atoms with Crippen LogP contribution in [0.3, 0.4) is 0 Å². The summed E-state index contributed by atoms with van der Waals surface area (Å²) in [4.78, 5) is 36.9. The maximum Gasteiger partial charge on any atom is 0.257 e. The number of pyridine rings is 3. The number of nitrogens with zero attached hydrogens (tertiary/aromatic N) is 6. The van der Waals surface area contributed by atoms with E-state index in [4.69, 9.17) is 4.74 Å². The summed E-state index contributed by atoms with van der Waals surface area (Å²) in [7, 11) is 0. The first-order valence-corrected chi connectivity index (χ1v) is 12.1. The second-order valence-electron chi connectivity index (χ2n) is 9.71. The molecule has 1 saturated heterocycles. The van der Waals surface area contributed by atoms with Crippen molar-refractivity contribution in [1.82, 2.24) is 20.3 Å². The molecule has 192 valence electrons. The first-order chi connectivity index (χ1) is 17.7. The molecule has 0 atom stereocenters. The number of hydrogen-bond acceptors (Lipinski definition) is 9. The number of aromatic nitrogens is 3. The predicted molar refractivity (Wildman–Crippen MR) is 147 cm³/mol. The lowest BCUT2D eigenvalue weighted by Gasteiger charge is -2.27. The van der Waals surface area contributed by atoms with Gasteiger partial charge in [-0.15, -0.1) is 0 Å². The number of fused-ring (bicyclic) bond motifs is 1. The molecular formula is C27H32N8O2. The Morgan fingerprint density at radius 2 is 1.89 bits per heavy atom. The minimum absolute atomic E-state index is 0.182. The minimum Gasteiger partial charge on any atom is -0.378 e. The maximum absolute atomic E-state index is 13.0. The maximum atomic E-state index is 13.0. The highest BCUT2D eigenvalue weighted by atomic mass is 16.5. The molecule has 0 unspecified atom stereocenters.